The van der Waals surface area contributed by atoms with Crippen molar-refractivity contribution in [1.29, 1.82) is 0 Å². The van der Waals surface area contributed by atoms with Crippen LogP contribution >= 0.6 is 0 Å². The number of hydrogen-bond donors (Lipinski definition) is 4. The molecule has 0 unspecified atom stereocenters. The minimum absolute atomic E-state index is 0.0315. The Morgan fingerprint density at radius 3 is 2.42 bits per heavy atom. The number of aliphatic hydroxyl groups is 4. The van der Waals surface area contributed by atoms with Gasteiger partial charge in [0.05, 0.1) is 17.3 Å². The van der Waals surface area contributed by atoms with Crippen molar-refractivity contribution in [1.82, 2.24) is 0 Å². The molecule has 24 heavy (non-hydrogen) atoms. The van der Waals surface area contributed by atoms with Crippen molar-refractivity contribution in [2.24, 2.45) is 22.7 Å². The third-order valence-corrected chi connectivity index (χ3v) is 7.24. The van der Waals surface area contributed by atoms with E-state index in [1.54, 1.807) is 13.0 Å². The highest BCUT2D eigenvalue weighted by atomic mass is 16.3. The van der Waals surface area contributed by atoms with E-state index in [0.29, 0.717) is 32.1 Å². The Labute approximate surface area is 146 Å². The molecule has 0 aromatic heterocycles. The molecule has 140 valence electrons. The van der Waals surface area contributed by atoms with Crippen molar-refractivity contribution >= 4 is 0 Å². The van der Waals surface area contributed by atoms with Crippen LogP contribution in [-0.4, -0.2) is 44.3 Å². The van der Waals surface area contributed by atoms with Gasteiger partial charge in [0.15, 0.2) is 0 Å². The molecule has 2 aliphatic rings. The van der Waals surface area contributed by atoms with Gasteiger partial charge >= 0.3 is 0 Å². The van der Waals surface area contributed by atoms with Gasteiger partial charge in [0, 0.05) is 6.61 Å². The number of rotatable bonds is 5. The van der Waals surface area contributed by atoms with Gasteiger partial charge in [-0.1, -0.05) is 19.9 Å². The number of aliphatic hydroxyl groups excluding tert-OH is 2. The molecular weight excluding hydrogens is 304 g/mol. The van der Waals surface area contributed by atoms with E-state index in [-0.39, 0.29) is 29.3 Å². The Morgan fingerprint density at radius 1 is 1.25 bits per heavy atom. The minimum Gasteiger partial charge on any atom is -0.396 e. The Morgan fingerprint density at radius 2 is 1.88 bits per heavy atom. The van der Waals surface area contributed by atoms with E-state index >= 15 is 0 Å². The van der Waals surface area contributed by atoms with Gasteiger partial charge in [-0.25, -0.2) is 0 Å². The summed E-state index contributed by atoms with van der Waals surface area (Å²) in [6.45, 7) is 11.6. The first-order valence-corrected chi connectivity index (χ1v) is 9.27. The van der Waals surface area contributed by atoms with Crippen molar-refractivity contribution in [3.63, 3.8) is 0 Å². The van der Waals surface area contributed by atoms with Crippen molar-refractivity contribution in [2.45, 2.75) is 83.5 Å². The molecule has 2 rings (SSSR count). The fraction of sp³-hybridized carbons (Fsp3) is 0.900. The zero-order valence-corrected chi connectivity index (χ0v) is 15.8. The zero-order chi connectivity index (χ0) is 18.4. The summed E-state index contributed by atoms with van der Waals surface area (Å²) in [5.41, 5.74) is -2.35. The smallest absolute Gasteiger partial charge is 0.0797 e. The lowest BCUT2D eigenvalue weighted by molar-refractivity contribution is -0.201. The molecule has 0 aromatic carbocycles. The molecule has 2 fully saturated rings. The predicted octanol–water partition coefficient (Wildman–Crippen LogP) is 2.64. The molecular formula is C20H36O4. The van der Waals surface area contributed by atoms with Gasteiger partial charge in [0.2, 0.25) is 0 Å². The Bertz CT molecular complexity index is 472. The molecule has 0 bridgehead atoms. The molecule has 0 saturated heterocycles. The van der Waals surface area contributed by atoms with Crippen molar-refractivity contribution in [3.05, 3.63) is 12.7 Å². The Hall–Kier alpha value is -0.420. The molecule has 0 heterocycles. The number of fused-ring (bicyclic) bond motifs is 1. The summed E-state index contributed by atoms with van der Waals surface area (Å²) in [5, 5.41) is 41.9. The Balaban J connectivity index is 2.36. The van der Waals surface area contributed by atoms with E-state index in [4.69, 9.17) is 0 Å². The van der Waals surface area contributed by atoms with Crippen LogP contribution < -0.4 is 0 Å². The third-order valence-electron chi connectivity index (χ3n) is 7.24. The molecule has 2 aliphatic carbocycles. The van der Waals surface area contributed by atoms with Crippen LogP contribution in [0.3, 0.4) is 0 Å². The van der Waals surface area contributed by atoms with E-state index in [1.165, 1.54) is 0 Å². The largest absolute Gasteiger partial charge is 0.396 e. The molecule has 7 atom stereocenters. The van der Waals surface area contributed by atoms with Crippen LogP contribution in [0.5, 0.6) is 0 Å². The van der Waals surface area contributed by atoms with Crippen LogP contribution in [-0.2, 0) is 0 Å². The SMILES string of the molecule is C=C[C@](C)(O)CC[C@@H]1[C@@]2(C)C[C@@H](O)C[C@@](C)(CO)[C@@H]2CC[C@@]1(C)O. The van der Waals surface area contributed by atoms with E-state index in [1.807, 2.05) is 6.92 Å². The lowest BCUT2D eigenvalue weighted by Crippen LogP contribution is -2.61. The highest BCUT2D eigenvalue weighted by Crippen LogP contribution is 2.63. The summed E-state index contributed by atoms with van der Waals surface area (Å²) in [6, 6.07) is 0. The van der Waals surface area contributed by atoms with Crippen LogP contribution in [0.4, 0.5) is 0 Å². The summed E-state index contributed by atoms with van der Waals surface area (Å²) in [5.74, 6) is 0.230. The highest BCUT2D eigenvalue weighted by molar-refractivity contribution is 5.10. The molecule has 0 radical (unpaired) electrons. The molecule has 4 N–H and O–H groups in total. The van der Waals surface area contributed by atoms with Gasteiger partial charge in [-0.3, -0.25) is 0 Å². The van der Waals surface area contributed by atoms with Gasteiger partial charge < -0.3 is 20.4 Å². The average Bonchev–Trinajstić information content (AvgIpc) is 2.44. The quantitative estimate of drug-likeness (QED) is 0.580. The maximum Gasteiger partial charge on any atom is 0.0797 e. The monoisotopic (exact) mass is 340 g/mol. The second-order valence-corrected chi connectivity index (χ2v) is 9.48. The van der Waals surface area contributed by atoms with Crippen molar-refractivity contribution < 1.29 is 20.4 Å². The maximum atomic E-state index is 11.1. The topological polar surface area (TPSA) is 80.9 Å². The Kier molecular flexibility index (Phi) is 5.29. The zero-order valence-electron chi connectivity index (χ0n) is 15.8. The second-order valence-electron chi connectivity index (χ2n) is 9.48. The second kappa shape index (κ2) is 6.39. The molecule has 4 heteroatoms. The standard InChI is InChI=1S/C20H36O4/c1-6-18(3,23)9-7-16-19(4)12-14(22)11-17(2,13-21)15(19)8-10-20(16,5)24/h6,14-16,21-24H,1,7-13H2,2-5H3/t14-,15-,16+,17-,18-,19-,20+/m0/s1. The van der Waals surface area contributed by atoms with Crippen LogP contribution in [0.15, 0.2) is 12.7 Å². The summed E-state index contributed by atoms with van der Waals surface area (Å²) in [7, 11) is 0. The van der Waals surface area contributed by atoms with Gasteiger partial charge in [0.25, 0.3) is 0 Å². The van der Waals surface area contributed by atoms with Gasteiger partial charge in [0.1, 0.15) is 0 Å². The number of hydrogen-bond acceptors (Lipinski definition) is 4. The molecule has 2 saturated carbocycles. The lowest BCUT2D eigenvalue weighted by atomic mass is 9.44. The van der Waals surface area contributed by atoms with Crippen molar-refractivity contribution in [2.75, 3.05) is 6.61 Å². The van der Waals surface area contributed by atoms with Crippen LogP contribution in [0.1, 0.15) is 66.2 Å². The fourth-order valence-corrected chi connectivity index (χ4v) is 5.94. The third kappa shape index (κ3) is 3.44. The first-order chi connectivity index (χ1) is 10.9. The van der Waals surface area contributed by atoms with E-state index < -0.39 is 17.3 Å². The molecule has 0 aliphatic heterocycles. The van der Waals surface area contributed by atoms with E-state index in [2.05, 4.69) is 20.4 Å². The summed E-state index contributed by atoms with van der Waals surface area (Å²) >= 11 is 0. The highest BCUT2D eigenvalue weighted by Gasteiger charge is 2.60. The van der Waals surface area contributed by atoms with E-state index in [0.717, 1.165) is 6.42 Å². The molecule has 4 nitrogen and oxygen atoms in total. The summed E-state index contributed by atoms with van der Waals surface area (Å²) in [6.07, 6.45) is 5.12. The molecule has 0 amide bonds. The first kappa shape index (κ1) is 19.9. The normalized spacial score (nSPS) is 48.4. The fourth-order valence-electron chi connectivity index (χ4n) is 5.94. The predicted molar refractivity (Wildman–Crippen MR) is 95.4 cm³/mol. The summed E-state index contributed by atoms with van der Waals surface area (Å²) in [4.78, 5) is 0. The van der Waals surface area contributed by atoms with E-state index in [9.17, 15) is 20.4 Å². The molecule has 0 spiro atoms. The van der Waals surface area contributed by atoms with Crippen LogP contribution in [0.2, 0.25) is 0 Å². The van der Waals surface area contributed by atoms with Gasteiger partial charge in [-0.15, -0.1) is 6.58 Å². The van der Waals surface area contributed by atoms with Crippen molar-refractivity contribution in [3.8, 4) is 0 Å². The maximum absolute atomic E-state index is 11.1. The van der Waals surface area contributed by atoms with Gasteiger partial charge in [-0.2, -0.15) is 0 Å². The van der Waals surface area contributed by atoms with Crippen LogP contribution in [0, 0.1) is 22.7 Å². The average molecular weight is 341 g/mol. The minimum atomic E-state index is -0.951. The van der Waals surface area contributed by atoms with Gasteiger partial charge in [-0.05, 0) is 75.0 Å². The summed E-state index contributed by atoms with van der Waals surface area (Å²) < 4.78 is 0. The molecule has 0 aromatic rings. The van der Waals surface area contributed by atoms with Crippen LogP contribution in [0.25, 0.3) is 0 Å². The lowest BCUT2D eigenvalue weighted by Gasteiger charge is -2.62. The first-order valence-electron chi connectivity index (χ1n) is 9.27.